The van der Waals surface area contributed by atoms with Crippen molar-refractivity contribution < 1.29 is 18.7 Å². The number of benzene rings is 2. The predicted molar refractivity (Wildman–Crippen MR) is 116 cm³/mol. The van der Waals surface area contributed by atoms with Crippen LogP contribution in [0.1, 0.15) is 69.2 Å². The van der Waals surface area contributed by atoms with E-state index >= 15 is 0 Å². The number of piperidine rings is 1. The van der Waals surface area contributed by atoms with Gasteiger partial charge in [0.15, 0.2) is 0 Å². The van der Waals surface area contributed by atoms with Gasteiger partial charge >= 0.3 is 6.09 Å². The van der Waals surface area contributed by atoms with Gasteiger partial charge in [-0.2, -0.15) is 5.26 Å². The van der Waals surface area contributed by atoms with Crippen LogP contribution in [0, 0.1) is 17.1 Å². The summed E-state index contributed by atoms with van der Waals surface area (Å²) >= 11 is 0. The van der Waals surface area contributed by atoms with E-state index in [0.717, 1.165) is 24.2 Å². The van der Waals surface area contributed by atoms with Gasteiger partial charge < -0.3 is 14.4 Å². The van der Waals surface area contributed by atoms with E-state index in [9.17, 15) is 9.18 Å². The molecule has 31 heavy (non-hydrogen) atoms. The minimum atomic E-state index is -0.509. The molecular formula is C25H29FN2O3. The van der Waals surface area contributed by atoms with Gasteiger partial charge in [0, 0.05) is 18.7 Å². The maximum absolute atomic E-state index is 14.4. The summed E-state index contributed by atoms with van der Waals surface area (Å²) in [7, 11) is 0. The Morgan fingerprint density at radius 2 is 1.87 bits per heavy atom. The molecule has 1 atom stereocenters. The average Bonchev–Trinajstić information content (AvgIpc) is 2.73. The number of amides is 1. The minimum Gasteiger partial charge on any atom is -0.486 e. The van der Waals surface area contributed by atoms with Gasteiger partial charge in [0.05, 0.1) is 11.6 Å². The number of carbonyl (C=O) groups is 1. The van der Waals surface area contributed by atoms with Crippen LogP contribution in [0.15, 0.2) is 42.5 Å². The van der Waals surface area contributed by atoms with Gasteiger partial charge in [0.1, 0.15) is 23.3 Å². The van der Waals surface area contributed by atoms with Gasteiger partial charge in [-0.3, -0.25) is 0 Å². The average molecular weight is 425 g/mol. The number of carbonyl (C=O) groups excluding carboxylic acids is 1. The predicted octanol–water partition coefficient (Wildman–Crippen LogP) is 5.95. The third-order valence-electron chi connectivity index (χ3n) is 5.38. The molecule has 1 amide bonds. The van der Waals surface area contributed by atoms with Crippen LogP contribution in [0.25, 0.3) is 0 Å². The van der Waals surface area contributed by atoms with Crippen LogP contribution in [-0.2, 0) is 4.74 Å². The minimum absolute atomic E-state index is 0.243. The van der Waals surface area contributed by atoms with E-state index in [4.69, 9.17) is 14.7 Å². The molecular weight excluding hydrogens is 395 g/mol. The van der Waals surface area contributed by atoms with Gasteiger partial charge in [-0.05, 0) is 70.2 Å². The molecule has 0 unspecified atom stereocenters. The summed E-state index contributed by atoms with van der Waals surface area (Å²) in [6.45, 7) is 8.63. The van der Waals surface area contributed by atoms with Gasteiger partial charge in [-0.25, -0.2) is 9.18 Å². The summed E-state index contributed by atoms with van der Waals surface area (Å²) in [5, 5.41) is 8.94. The molecule has 6 heteroatoms. The van der Waals surface area contributed by atoms with Crippen LogP contribution < -0.4 is 4.74 Å². The summed E-state index contributed by atoms with van der Waals surface area (Å²) < 4.78 is 26.0. The van der Waals surface area contributed by atoms with Crippen molar-refractivity contribution >= 4 is 6.09 Å². The number of nitriles is 1. The zero-order valence-electron chi connectivity index (χ0n) is 18.5. The Hall–Kier alpha value is -3.07. The van der Waals surface area contributed by atoms with Crippen LogP contribution in [0.5, 0.6) is 5.75 Å². The number of halogens is 1. The van der Waals surface area contributed by atoms with E-state index in [1.54, 1.807) is 24.0 Å². The van der Waals surface area contributed by atoms with Crippen molar-refractivity contribution in [3.63, 3.8) is 0 Å². The van der Waals surface area contributed by atoms with Crippen LogP contribution in [-0.4, -0.2) is 29.7 Å². The fourth-order valence-corrected chi connectivity index (χ4v) is 3.80. The molecule has 2 aromatic rings. The van der Waals surface area contributed by atoms with Crippen molar-refractivity contribution in [1.29, 1.82) is 5.26 Å². The number of rotatable bonds is 4. The van der Waals surface area contributed by atoms with Crippen molar-refractivity contribution in [2.45, 2.75) is 58.2 Å². The Balaban J connectivity index is 1.69. The molecule has 0 saturated carbocycles. The van der Waals surface area contributed by atoms with Crippen molar-refractivity contribution in [3.8, 4) is 11.8 Å². The molecule has 0 aliphatic carbocycles. The lowest BCUT2D eigenvalue weighted by atomic mass is 9.89. The van der Waals surface area contributed by atoms with E-state index in [1.165, 1.54) is 6.07 Å². The highest BCUT2D eigenvalue weighted by atomic mass is 19.1. The molecule has 164 valence electrons. The molecule has 0 spiro atoms. The van der Waals surface area contributed by atoms with Crippen molar-refractivity contribution in [1.82, 2.24) is 4.90 Å². The maximum Gasteiger partial charge on any atom is 0.410 e. The zero-order valence-corrected chi connectivity index (χ0v) is 18.5. The lowest BCUT2D eigenvalue weighted by Gasteiger charge is -2.34. The number of hydrogen-bond acceptors (Lipinski definition) is 4. The van der Waals surface area contributed by atoms with E-state index < -0.39 is 17.5 Å². The van der Waals surface area contributed by atoms with Gasteiger partial charge in [0.2, 0.25) is 0 Å². The Bertz CT molecular complexity index is 969. The lowest BCUT2D eigenvalue weighted by molar-refractivity contribution is 0.0204. The van der Waals surface area contributed by atoms with Gasteiger partial charge in [-0.15, -0.1) is 0 Å². The molecule has 1 aliphatic rings. The first kappa shape index (κ1) is 22.6. The smallest absolute Gasteiger partial charge is 0.410 e. The number of para-hydroxylation sites is 1. The summed E-state index contributed by atoms with van der Waals surface area (Å²) in [4.78, 5) is 14.1. The first-order valence-electron chi connectivity index (χ1n) is 10.6. The second-order valence-electron chi connectivity index (χ2n) is 8.89. The third kappa shape index (κ3) is 5.75. The Labute approximate surface area is 183 Å². The highest BCUT2D eigenvalue weighted by Crippen LogP contribution is 2.36. The van der Waals surface area contributed by atoms with Crippen molar-refractivity contribution in [3.05, 3.63) is 65.0 Å². The Morgan fingerprint density at radius 3 is 2.48 bits per heavy atom. The van der Waals surface area contributed by atoms with Crippen LogP contribution in [0.3, 0.4) is 0 Å². The van der Waals surface area contributed by atoms with Crippen LogP contribution >= 0.6 is 0 Å². The van der Waals surface area contributed by atoms with Crippen molar-refractivity contribution in [2.24, 2.45) is 0 Å². The summed E-state index contributed by atoms with van der Waals surface area (Å²) in [6, 6.07) is 14.2. The molecule has 0 radical (unpaired) electrons. The van der Waals surface area contributed by atoms with Crippen LogP contribution in [0.4, 0.5) is 9.18 Å². The molecule has 1 heterocycles. The molecule has 3 rings (SSSR count). The fourth-order valence-electron chi connectivity index (χ4n) is 3.80. The lowest BCUT2D eigenvalue weighted by Crippen LogP contribution is -2.41. The number of ether oxygens (including phenoxy) is 2. The molecule has 1 aliphatic heterocycles. The molecule has 2 aromatic carbocycles. The largest absolute Gasteiger partial charge is 0.486 e. The first-order valence-corrected chi connectivity index (χ1v) is 10.6. The van der Waals surface area contributed by atoms with E-state index in [-0.39, 0.29) is 17.6 Å². The monoisotopic (exact) mass is 424 g/mol. The molecule has 1 saturated heterocycles. The van der Waals surface area contributed by atoms with E-state index in [0.29, 0.717) is 18.7 Å². The molecule has 1 fully saturated rings. The number of nitrogens with zero attached hydrogens (tertiary/aromatic N) is 2. The third-order valence-corrected chi connectivity index (χ3v) is 5.38. The Kier molecular flexibility index (Phi) is 6.84. The molecule has 0 N–H and O–H groups in total. The molecule has 0 aromatic heterocycles. The quantitative estimate of drug-likeness (QED) is 0.608. The number of hydrogen-bond donors (Lipinski definition) is 0. The maximum atomic E-state index is 14.4. The SMILES string of the molecule is C[C@H](Oc1ccccc1C1CCN(C(=O)OC(C)(C)C)CC1)c1ccc(C#N)cc1F. The molecule has 5 nitrogen and oxygen atoms in total. The normalized spacial score (nSPS) is 15.8. The van der Waals surface area contributed by atoms with E-state index in [2.05, 4.69) is 0 Å². The second kappa shape index (κ2) is 9.38. The summed E-state index contributed by atoms with van der Waals surface area (Å²) in [5.74, 6) is 0.511. The standard InChI is InChI=1S/C25H29FN2O3/c1-17(20-10-9-18(16-27)15-22(20)26)30-23-8-6-5-7-21(23)19-11-13-28(14-12-19)24(29)31-25(2,3)4/h5-10,15,17,19H,11-14H2,1-4H3/t17-/m0/s1. The topological polar surface area (TPSA) is 62.6 Å². The van der Waals surface area contributed by atoms with Crippen molar-refractivity contribution in [2.75, 3.05) is 13.1 Å². The first-order chi connectivity index (χ1) is 14.7. The van der Waals surface area contributed by atoms with Crippen LogP contribution in [0.2, 0.25) is 0 Å². The summed E-state index contributed by atoms with van der Waals surface area (Å²) in [6.07, 6.45) is 0.828. The highest BCUT2D eigenvalue weighted by molar-refractivity contribution is 5.68. The summed E-state index contributed by atoms with van der Waals surface area (Å²) in [5.41, 5.74) is 1.25. The highest BCUT2D eigenvalue weighted by Gasteiger charge is 2.29. The van der Waals surface area contributed by atoms with Gasteiger partial charge in [-0.1, -0.05) is 24.3 Å². The Morgan fingerprint density at radius 1 is 1.19 bits per heavy atom. The molecule has 0 bridgehead atoms. The van der Waals surface area contributed by atoms with E-state index in [1.807, 2.05) is 51.1 Å². The fraction of sp³-hybridized carbons (Fsp3) is 0.440. The second-order valence-corrected chi connectivity index (χ2v) is 8.89. The zero-order chi connectivity index (χ0) is 22.6. The number of likely N-dealkylation sites (tertiary alicyclic amines) is 1. The van der Waals surface area contributed by atoms with Gasteiger partial charge in [0.25, 0.3) is 0 Å².